The predicted octanol–water partition coefficient (Wildman–Crippen LogP) is 5.52. The van der Waals surface area contributed by atoms with E-state index >= 15 is 0 Å². The van der Waals surface area contributed by atoms with Crippen LogP contribution in [-0.4, -0.2) is 58.2 Å². The normalized spacial score (nSPS) is 20.8. The SMILES string of the molecule is COc1c(Cl)cccc1Nc1c(-c2ccncc2C#C[C@@H]2C[C@@H]3C[C@@H]3N2C(=O)OC(C)(C)C)[nH]c2c1C(=O)NCC2. The van der Waals surface area contributed by atoms with Crippen LogP contribution in [-0.2, 0) is 11.2 Å². The van der Waals surface area contributed by atoms with Crippen LogP contribution < -0.4 is 15.4 Å². The van der Waals surface area contributed by atoms with Gasteiger partial charge >= 0.3 is 6.09 Å². The Morgan fingerprint density at radius 3 is 2.85 bits per heavy atom. The van der Waals surface area contributed by atoms with Crippen LogP contribution in [0.3, 0.4) is 0 Å². The number of hydrogen-bond donors (Lipinski definition) is 3. The van der Waals surface area contributed by atoms with Gasteiger partial charge in [0, 0.05) is 42.7 Å². The maximum Gasteiger partial charge on any atom is 0.411 e. The number of anilines is 2. The van der Waals surface area contributed by atoms with Gasteiger partial charge in [-0.05, 0) is 57.7 Å². The number of aromatic amines is 1. The molecule has 3 aromatic rings. The van der Waals surface area contributed by atoms with Crippen LogP contribution in [0.1, 0.15) is 55.2 Å². The summed E-state index contributed by atoms with van der Waals surface area (Å²) in [5, 5.41) is 6.80. The molecular weight excluding hydrogens is 542 g/mol. The Morgan fingerprint density at radius 2 is 2.07 bits per heavy atom. The number of piperidine rings is 1. The summed E-state index contributed by atoms with van der Waals surface area (Å²) >= 11 is 6.39. The molecule has 3 N–H and O–H groups in total. The number of H-pyrrole nitrogens is 1. The van der Waals surface area contributed by atoms with E-state index in [0.29, 0.717) is 57.9 Å². The predicted molar refractivity (Wildman–Crippen MR) is 157 cm³/mol. The van der Waals surface area contributed by atoms with Gasteiger partial charge in [-0.3, -0.25) is 14.7 Å². The Hall–Kier alpha value is -4.16. The maximum atomic E-state index is 13.1. The molecule has 0 bridgehead atoms. The summed E-state index contributed by atoms with van der Waals surface area (Å²) < 4.78 is 11.2. The highest BCUT2D eigenvalue weighted by Crippen LogP contribution is 2.48. The summed E-state index contributed by atoms with van der Waals surface area (Å²) in [7, 11) is 1.55. The largest absolute Gasteiger partial charge is 0.493 e. The van der Waals surface area contributed by atoms with Crippen molar-refractivity contribution in [1.82, 2.24) is 20.2 Å². The van der Waals surface area contributed by atoms with Crippen molar-refractivity contribution in [3.8, 4) is 28.8 Å². The highest BCUT2D eigenvalue weighted by molar-refractivity contribution is 6.32. The van der Waals surface area contributed by atoms with Gasteiger partial charge in [0.05, 0.1) is 46.4 Å². The van der Waals surface area contributed by atoms with Crippen LogP contribution in [0.25, 0.3) is 11.3 Å². The third kappa shape index (κ3) is 5.20. The van der Waals surface area contributed by atoms with Crippen LogP contribution in [0, 0.1) is 17.8 Å². The van der Waals surface area contributed by atoms with Gasteiger partial charge in [-0.15, -0.1) is 0 Å². The number of likely N-dealkylation sites (tertiary alicyclic amines) is 1. The molecule has 41 heavy (non-hydrogen) atoms. The van der Waals surface area contributed by atoms with E-state index in [0.717, 1.165) is 24.1 Å². The molecule has 4 heterocycles. The smallest absolute Gasteiger partial charge is 0.411 e. The number of ether oxygens (including phenoxy) is 2. The summed E-state index contributed by atoms with van der Waals surface area (Å²) in [6, 6.07) is 7.23. The van der Waals surface area contributed by atoms with Crippen LogP contribution >= 0.6 is 11.6 Å². The van der Waals surface area contributed by atoms with Crippen molar-refractivity contribution in [2.45, 2.75) is 57.7 Å². The standard InChI is InChI=1S/C31H32ClN5O4/c1-31(2,3)41-30(39)37-19(14-18-15-24(18)37)9-8-17-16-33-12-10-20(17)26-27(25-22(35-26)11-13-34-29(25)38)36-23-7-5-6-21(32)28(23)40-4/h5-7,10,12,16,18-19,24,35-36H,11,13-15H2,1-4H3,(H,34,38)/t18-,19-,24+/m1/s1. The van der Waals surface area contributed by atoms with Gasteiger partial charge < -0.3 is 25.1 Å². The number of carbonyl (C=O) groups excluding carboxylic acids is 2. The fourth-order valence-electron chi connectivity index (χ4n) is 5.69. The van der Waals surface area contributed by atoms with Crippen LogP contribution in [0.4, 0.5) is 16.2 Å². The number of fused-ring (bicyclic) bond motifs is 2. The number of amides is 2. The van der Waals surface area contributed by atoms with Crippen LogP contribution in [0.15, 0.2) is 36.7 Å². The van der Waals surface area contributed by atoms with Crippen molar-refractivity contribution in [3.05, 3.63) is 58.5 Å². The fourth-order valence-corrected chi connectivity index (χ4v) is 5.94. The minimum absolute atomic E-state index is 0.169. The third-order valence-electron chi connectivity index (χ3n) is 7.57. The highest BCUT2D eigenvalue weighted by Gasteiger charge is 2.54. The van der Waals surface area contributed by atoms with Crippen molar-refractivity contribution in [2.24, 2.45) is 5.92 Å². The molecule has 1 aromatic carbocycles. The van der Waals surface area contributed by atoms with Crippen LogP contribution in [0.5, 0.6) is 5.75 Å². The maximum absolute atomic E-state index is 13.1. The second kappa shape index (κ2) is 10.3. The molecule has 1 saturated carbocycles. The first-order valence-corrected chi connectivity index (χ1v) is 14.1. The molecule has 10 heteroatoms. The first-order valence-electron chi connectivity index (χ1n) is 13.7. The quantitative estimate of drug-likeness (QED) is 0.355. The molecule has 2 aromatic heterocycles. The number of methoxy groups -OCH3 is 1. The Bertz CT molecular complexity index is 1600. The topological polar surface area (TPSA) is 109 Å². The number of carbonyl (C=O) groups is 2. The minimum Gasteiger partial charge on any atom is -0.493 e. The number of nitrogens with one attached hydrogen (secondary N) is 3. The van der Waals surface area contributed by atoms with Crippen LogP contribution in [0.2, 0.25) is 5.02 Å². The third-order valence-corrected chi connectivity index (χ3v) is 7.87. The Balaban J connectivity index is 1.39. The first-order chi connectivity index (χ1) is 19.6. The lowest BCUT2D eigenvalue weighted by Crippen LogP contribution is -2.41. The molecule has 212 valence electrons. The van der Waals surface area contributed by atoms with E-state index in [1.54, 1.807) is 30.5 Å². The molecule has 1 saturated heterocycles. The lowest BCUT2D eigenvalue weighted by molar-refractivity contribution is 0.0224. The number of halogens is 1. The Kier molecular flexibility index (Phi) is 6.82. The molecule has 2 fully saturated rings. The van der Waals surface area contributed by atoms with E-state index in [1.165, 1.54) is 0 Å². The zero-order valence-electron chi connectivity index (χ0n) is 23.4. The molecule has 0 spiro atoms. The lowest BCUT2D eigenvalue weighted by Gasteiger charge is -2.28. The molecular formula is C31H32ClN5O4. The Labute approximate surface area is 244 Å². The van der Waals surface area contributed by atoms with Crippen molar-refractivity contribution in [2.75, 3.05) is 19.0 Å². The molecule has 0 radical (unpaired) electrons. The number of pyridine rings is 1. The van der Waals surface area contributed by atoms with E-state index < -0.39 is 5.60 Å². The van der Waals surface area contributed by atoms with Gasteiger partial charge in [0.1, 0.15) is 5.60 Å². The fraction of sp³-hybridized carbons (Fsp3) is 0.387. The number of para-hydroxylation sites is 1. The van der Waals surface area contributed by atoms with Crippen molar-refractivity contribution in [3.63, 3.8) is 0 Å². The van der Waals surface area contributed by atoms with Gasteiger partial charge in [0.2, 0.25) is 0 Å². The second-order valence-electron chi connectivity index (χ2n) is 11.6. The van der Waals surface area contributed by atoms with E-state index in [1.807, 2.05) is 39.0 Å². The number of benzene rings is 1. The summed E-state index contributed by atoms with van der Waals surface area (Å²) in [4.78, 5) is 35.7. The molecule has 6 rings (SSSR count). The molecule has 0 unspecified atom stereocenters. The monoisotopic (exact) mass is 573 g/mol. The molecule has 3 atom stereocenters. The van der Waals surface area contributed by atoms with Crippen molar-refractivity contribution >= 4 is 35.0 Å². The van der Waals surface area contributed by atoms with Gasteiger partial charge in [-0.2, -0.15) is 0 Å². The van der Waals surface area contributed by atoms with Crippen molar-refractivity contribution < 1.29 is 19.1 Å². The Morgan fingerprint density at radius 1 is 1.24 bits per heavy atom. The summed E-state index contributed by atoms with van der Waals surface area (Å²) in [5.74, 6) is 7.41. The molecule has 3 aliphatic rings. The average Bonchev–Trinajstić information content (AvgIpc) is 3.42. The van der Waals surface area contributed by atoms with Gasteiger partial charge in [0.25, 0.3) is 5.91 Å². The average molecular weight is 574 g/mol. The molecule has 2 aliphatic heterocycles. The van der Waals surface area contributed by atoms with Gasteiger partial charge in [-0.25, -0.2) is 4.79 Å². The van der Waals surface area contributed by atoms with E-state index in [9.17, 15) is 9.59 Å². The molecule has 1 aliphatic carbocycles. The lowest BCUT2D eigenvalue weighted by atomic mass is 10.0. The number of hydrogen-bond acceptors (Lipinski definition) is 6. The van der Waals surface area contributed by atoms with Gasteiger partial charge in [0.15, 0.2) is 5.75 Å². The van der Waals surface area contributed by atoms with E-state index in [4.69, 9.17) is 21.1 Å². The molecule has 9 nitrogen and oxygen atoms in total. The zero-order valence-corrected chi connectivity index (χ0v) is 24.2. The van der Waals surface area contributed by atoms with Crippen molar-refractivity contribution in [1.29, 1.82) is 0 Å². The zero-order chi connectivity index (χ0) is 28.9. The number of aromatic nitrogens is 2. The van der Waals surface area contributed by atoms with E-state index in [-0.39, 0.29) is 24.1 Å². The number of rotatable bonds is 4. The van der Waals surface area contributed by atoms with E-state index in [2.05, 4.69) is 32.4 Å². The summed E-state index contributed by atoms with van der Waals surface area (Å²) in [6.07, 6.45) is 5.56. The second-order valence-corrected chi connectivity index (χ2v) is 12.0. The molecule has 2 amide bonds. The summed E-state index contributed by atoms with van der Waals surface area (Å²) in [5.41, 5.74) is 4.19. The highest BCUT2D eigenvalue weighted by atomic mass is 35.5. The van der Waals surface area contributed by atoms with Gasteiger partial charge in [-0.1, -0.05) is 29.5 Å². The summed E-state index contributed by atoms with van der Waals surface area (Å²) in [6.45, 7) is 6.15. The minimum atomic E-state index is -0.577. The number of nitrogens with zero attached hydrogens (tertiary/aromatic N) is 2. The first kappa shape index (κ1) is 27.0.